The summed E-state index contributed by atoms with van der Waals surface area (Å²) < 4.78 is 101. The fourth-order valence-corrected chi connectivity index (χ4v) is 5.98. The molecule has 214 valence electrons. The van der Waals surface area contributed by atoms with Crippen LogP contribution >= 0.6 is 0 Å². The van der Waals surface area contributed by atoms with Crippen molar-refractivity contribution in [3.63, 3.8) is 0 Å². The molecule has 2 aromatic carbocycles. The second-order valence-corrected chi connectivity index (χ2v) is 10.2. The van der Waals surface area contributed by atoms with Crippen molar-refractivity contribution in [2.75, 3.05) is 13.6 Å². The number of urea groups is 1. The first-order valence-corrected chi connectivity index (χ1v) is 12.5. The molecular formula is C27H29F7N2O3. The second-order valence-electron chi connectivity index (χ2n) is 10.2. The lowest BCUT2D eigenvalue weighted by molar-refractivity contribution is -0.143. The molecule has 2 aliphatic rings. The standard InChI is InChI=1S/C27H29F7N2O3/c1-13-8-19(28)5-6-20(13)23-21(7-4-15-12-36(25(38)35-3)24(37)22(15)23)39-14(2)16-9-17(26(29,30)31)11-18(10-16)27(32,33)34/h5-6,8-11,14-15,21-24,37H,4,7,12H2,1-3H3,(H,35,38)/t14-,15-,21+,22-,23-,24?/m1/s1. The van der Waals surface area contributed by atoms with Crippen LogP contribution < -0.4 is 5.32 Å². The van der Waals surface area contributed by atoms with Gasteiger partial charge in [-0.05, 0) is 79.6 Å². The van der Waals surface area contributed by atoms with Crippen molar-refractivity contribution in [1.82, 2.24) is 10.2 Å². The van der Waals surface area contributed by atoms with Gasteiger partial charge < -0.3 is 15.2 Å². The quantitative estimate of drug-likeness (QED) is 0.424. The summed E-state index contributed by atoms with van der Waals surface area (Å²) >= 11 is 0. The number of likely N-dealkylation sites (tertiary alicyclic amines) is 1. The largest absolute Gasteiger partial charge is 0.416 e. The van der Waals surface area contributed by atoms with Crippen LogP contribution in [0.3, 0.4) is 0 Å². The molecule has 1 aliphatic carbocycles. The van der Waals surface area contributed by atoms with Gasteiger partial charge in [-0.1, -0.05) is 6.07 Å². The fourth-order valence-electron chi connectivity index (χ4n) is 5.98. The van der Waals surface area contributed by atoms with Gasteiger partial charge in [-0.15, -0.1) is 0 Å². The molecule has 6 atom stereocenters. The van der Waals surface area contributed by atoms with Crippen LogP contribution in [0.5, 0.6) is 0 Å². The number of hydrogen-bond donors (Lipinski definition) is 2. The van der Waals surface area contributed by atoms with E-state index in [4.69, 9.17) is 4.74 Å². The molecule has 2 N–H and O–H groups in total. The zero-order valence-electron chi connectivity index (χ0n) is 21.4. The Kier molecular flexibility index (Phi) is 7.92. The van der Waals surface area contributed by atoms with Crippen LogP contribution in [-0.2, 0) is 17.1 Å². The number of nitrogens with zero attached hydrogens (tertiary/aromatic N) is 1. The van der Waals surface area contributed by atoms with Gasteiger partial charge in [0.25, 0.3) is 0 Å². The van der Waals surface area contributed by atoms with Crippen molar-refractivity contribution >= 4 is 6.03 Å². The first-order chi connectivity index (χ1) is 18.1. The zero-order valence-corrected chi connectivity index (χ0v) is 21.4. The third-order valence-corrected chi connectivity index (χ3v) is 7.80. The highest BCUT2D eigenvalue weighted by atomic mass is 19.4. The average molecular weight is 563 g/mol. The number of halogens is 7. The number of ether oxygens (including phenoxy) is 1. The number of aliphatic hydroxyl groups is 1. The van der Waals surface area contributed by atoms with Crippen molar-refractivity contribution in [3.8, 4) is 0 Å². The van der Waals surface area contributed by atoms with Crippen LogP contribution in [0.1, 0.15) is 59.6 Å². The Morgan fingerprint density at radius 1 is 1.05 bits per heavy atom. The molecule has 0 spiro atoms. The predicted molar refractivity (Wildman–Crippen MR) is 127 cm³/mol. The minimum atomic E-state index is -5.00. The summed E-state index contributed by atoms with van der Waals surface area (Å²) in [6.07, 6.45) is -12.3. The molecule has 5 nitrogen and oxygen atoms in total. The molecule has 12 heteroatoms. The van der Waals surface area contributed by atoms with Gasteiger partial charge in [0.1, 0.15) is 12.0 Å². The molecule has 4 rings (SSSR count). The Hall–Kier alpha value is -2.86. The Bertz CT molecular complexity index is 1180. The van der Waals surface area contributed by atoms with Crippen molar-refractivity contribution in [2.45, 2.75) is 63.4 Å². The SMILES string of the molecule is CNC(=O)N1C[C@H]2CC[C@H](O[C@H](C)c3cc(C(F)(F)F)cc(C(F)(F)F)c3)[C@@H](c3ccc(F)cc3C)[C@@H]2C1O. The molecular weight excluding hydrogens is 533 g/mol. The van der Waals surface area contributed by atoms with Gasteiger partial charge in [-0.25, -0.2) is 9.18 Å². The maximum absolute atomic E-state index is 13.9. The normalized spacial score (nSPS) is 26.3. The monoisotopic (exact) mass is 562 g/mol. The van der Waals surface area contributed by atoms with Crippen molar-refractivity contribution in [3.05, 3.63) is 70.0 Å². The lowest BCUT2D eigenvalue weighted by Crippen LogP contribution is -2.45. The molecule has 1 heterocycles. The predicted octanol–water partition coefficient (Wildman–Crippen LogP) is 6.40. The topological polar surface area (TPSA) is 61.8 Å². The van der Waals surface area contributed by atoms with Crippen molar-refractivity contribution in [1.29, 1.82) is 0 Å². The molecule has 1 saturated carbocycles. The van der Waals surface area contributed by atoms with Gasteiger partial charge in [0.15, 0.2) is 0 Å². The molecule has 2 aromatic rings. The molecule has 2 fully saturated rings. The molecule has 0 aromatic heterocycles. The van der Waals surface area contributed by atoms with E-state index in [2.05, 4.69) is 5.32 Å². The number of nitrogens with one attached hydrogen (secondary N) is 1. The molecule has 2 amide bonds. The van der Waals surface area contributed by atoms with Crippen LogP contribution in [0.4, 0.5) is 35.5 Å². The number of alkyl halides is 6. The van der Waals surface area contributed by atoms with Gasteiger partial charge in [-0.3, -0.25) is 4.90 Å². The third-order valence-electron chi connectivity index (χ3n) is 7.80. The van der Waals surface area contributed by atoms with Gasteiger partial charge in [0.2, 0.25) is 0 Å². The van der Waals surface area contributed by atoms with E-state index in [-0.39, 0.29) is 24.1 Å². The first kappa shape index (κ1) is 29.1. The van der Waals surface area contributed by atoms with Crippen LogP contribution in [0.2, 0.25) is 0 Å². The van der Waals surface area contributed by atoms with Gasteiger partial charge in [-0.2, -0.15) is 26.3 Å². The molecule has 0 bridgehead atoms. The highest BCUT2D eigenvalue weighted by Gasteiger charge is 2.52. The van der Waals surface area contributed by atoms with Gasteiger partial charge in [0.05, 0.1) is 23.3 Å². The summed E-state index contributed by atoms with van der Waals surface area (Å²) in [6.45, 7) is 3.30. The highest BCUT2D eigenvalue weighted by Crippen LogP contribution is 2.50. The number of benzene rings is 2. The number of carbonyl (C=O) groups excluding carboxylic acids is 1. The van der Waals surface area contributed by atoms with E-state index >= 15 is 0 Å². The van der Waals surface area contributed by atoms with E-state index in [0.29, 0.717) is 36.1 Å². The molecule has 1 aliphatic heterocycles. The van der Waals surface area contributed by atoms with Gasteiger partial charge in [0, 0.05) is 25.4 Å². The van der Waals surface area contributed by atoms with E-state index in [1.54, 1.807) is 13.0 Å². The Morgan fingerprint density at radius 2 is 1.67 bits per heavy atom. The minimum absolute atomic E-state index is 0.0638. The van der Waals surface area contributed by atoms with Crippen LogP contribution in [0.25, 0.3) is 0 Å². The average Bonchev–Trinajstić information content (AvgIpc) is 3.19. The molecule has 39 heavy (non-hydrogen) atoms. The van der Waals surface area contributed by atoms with E-state index < -0.39 is 65.6 Å². The summed E-state index contributed by atoms with van der Waals surface area (Å²) in [6, 6.07) is 4.95. The highest BCUT2D eigenvalue weighted by molar-refractivity contribution is 5.74. The number of aliphatic hydroxyl groups excluding tert-OH is 1. The maximum Gasteiger partial charge on any atom is 0.416 e. The maximum atomic E-state index is 13.9. The van der Waals surface area contributed by atoms with Crippen molar-refractivity contribution in [2.24, 2.45) is 11.8 Å². The summed E-state index contributed by atoms with van der Waals surface area (Å²) in [7, 11) is 1.43. The molecule has 1 saturated heterocycles. The van der Waals surface area contributed by atoms with Crippen LogP contribution in [0.15, 0.2) is 36.4 Å². The lowest BCUT2D eigenvalue weighted by Gasteiger charge is -2.42. The fraction of sp³-hybridized carbons (Fsp3) is 0.519. The second kappa shape index (κ2) is 10.6. The van der Waals surface area contributed by atoms with E-state index in [9.17, 15) is 40.6 Å². The number of amides is 2. The first-order valence-electron chi connectivity index (χ1n) is 12.5. The zero-order chi connectivity index (χ0) is 28.9. The molecule has 0 radical (unpaired) electrons. The summed E-state index contributed by atoms with van der Waals surface area (Å²) in [5.74, 6) is -1.79. The lowest BCUT2D eigenvalue weighted by atomic mass is 9.68. The van der Waals surface area contributed by atoms with Crippen LogP contribution in [-0.4, -0.2) is 42.0 Å². The minimum Gasteiger partial charge on any atom is -0.373 e. The third kappa shape index (κ3) is 5.86. The Balaban J connectivity index is 1.72. The number of carbonyl (C=O) groups is 1. The van der Waals surface area contributed by atoms with Gasteiger partial charge >= 0.3 is 18.4 Å². The molecule has 1 unspecified atom stereocenters. The number of rotatable bonds is 4. The van der Waals surface area contributed by atoms with Crippen molar-refractivity contribution < 1.29 is 45.4 Å². The van der Waals surface area contributed by atoms with Crippen LogP contribution in [0, 0.1) is 24.6 Å². The smallest absolute Gasteiger partial charge is 0.373 e. The Labute approximate surface area is 220 Å². The summed E-state index contributed by atoms with van der Waals surface area (Å²) in [5.41, 5.74) is -2.01. The summed E-state index contributed by atoms with van der Waals surface area (Å²) in [5, 5.41) is 13.7. The summed E-state index contributed by atoms with van der Waals surface area (Å²) in [4.78, 5) is 13.7. The Morgan fingerprint density at radius 3 is 2.21 bits per heavy atom. The van der Waals surface area contributed by atoms with E-state index in [0.717, 1.165) is 0 Å². The van der Waals surface area contributed by atoms with E-state index in [1.165, 1.54) is 31.0 Å². The number of fused-ring (bicyclic) bond motifs is 1. The number of aryl methyl sites for hydroxylation is 1. The number of hydrogen-bond acceptors (Lipinski definition) is 3. The van der Waals surface area contributed by atoms with E-state index in [1.807, 2.05) is 0 Å².